The van der Waals surface area contributed by atoms with Crippen LogP contribution in [0.3, 0.4) is 0 Å². The summed E-state index contributed by atoms with van der Waals surface area (Å²) in [5, 5.41) is 0. The van der Waals surface area contributed by atoms with Crippen molar-refractivity contribution in [1.29, 1.82) is 0 Å². The van der Waals surface area contributed by atoms with Gasteiger partial charge in [-0.1, -0.05) is 30.3 Å². The maximum absolute atomic E-state index is 11.3. The number of carbonyl (C=O) groups is 1. The molecule has 2 fully saturated rings. The maximum Gasteiger partial charge on any atom is 0.330 e. The first-order valence-electron chi connectivity index (χ1n) is 8.37. The van der Waals surface area contributed by atoms with Crippen LogP contribution in [-0.4, -0.2) is 49.9 Å². The second-order valence-electron chi connectivity index (χ2n) is 6.59. The lowest BCUT2D eigenvalue weighted by Gasteiger charge is -2.23. The summed E-state index contributed by atoms with van der Waals surface area (Å²) in [6.45, 7) is 4.63. The molecule has 3 rings (SSSR count). The average Bonchev–Trinajstić information content (AvgIpc) is 3.07. The van der Waals surface area contributed by atoms with Crippen LogP contribution in [0.2, 0.25) is 0 Å². The number of esters is 1. The Hall–Kier alpha value is -1.73. The van der Waals surface area contributed by atoms with Gasteiger partial charge >= 0.3 is 5.97 Å². The van der Waals surface area contributed by atoms with Gasteiger partial charge in [-0.3, -0.25) is 0 Å². The van der Waals surface area contributed by atoms with Crippen molar-refractivity contribution < 1.29 is 28.5 Å². The average molecular weight is 348 g/mol. The summed E-state index contributed by atoms with van der Waals surface area (Å²) in [6.07, 6.45) is 1.85. The molecule has 2 aliphatic heterocycles. The van der Waals surface area contributed by atoms with Crippen LogP contribution in [0.4, 0.5) is 0 Å². The molecular formula is C19H24O6. The fraction of sp³-hybridized carbons (Fsp3) is 0.526. The molecule has 136 valence electrons. The number of rotatable bonds is 6. The van der Waals surface area contributed by atoms with Crippen molar-refractivity contribution >= 4 is 5.97 Å². The summed E-state index contributed by atoms with van der Waals surface area (Å²) in [4.78, 5) is 11.3. The molecule has 2 heterocycles. The van der Waals surface area contributed by atoms with Gasteiger partial charge in [0.05, 0.1) is 20.3 Å². The lowest BCUT2D eigenvalue weighted by atomic mass is 10.1. The van der Waals surface area contributed by atoms with Gasteiger partial charge in [0.2, 0.25) is 0 Å². The van der Waals surface area contributed by atoms with E-state index in [1.165, 1.54) is 13.2 Å². The topological polar surface area (TPSA) is 63.2 Å². The zero-order valence-corrected chi connectivity index (χ0v) is 14.7. The van der Waals surface area contributed by atoms with Gasteiger partial charge in [-0.25, -0.2) is 4.79 Å². The Labute approximate surface area is 147 Å². The molecule has 6 nitrogen and oxygen atoms in total. The van der Waals surface area contributed by atoms with Gasteiger partial charge in [0.1, 0.15) is 24.4 Å². The largest absolute Gasteiger partial charge is 0.466 e. The molecule has 0 bridgehead atoms. The highest BCUT2D eigenvalue weighted by molar-refractivity contribution is 5.81. The first-order valence-corrected chi connectivity index (χ1v) is 8.37. The van der Waals surface area contributed by atoms with E-state index in [2.05, 4.69) is 4.74 Å². The minimum absolute atomic E-state index is 0.238. The molecule has 4 atom stereocenters. The summed E-state index contributed by atoms with van der Waals surface area (Å²) >= 11 is 0. The van der Waals surface area contributed by atoms with E-state index < -0.39 is 11.8 Å². The molecule has 2 saturated heterocycles. The highest BCUT2D eigenvalue weighted by atomic mass is 16.8. The molecule has 2 aliphatic rings. The highest BCUT2D eigenvalue weighted by Crippen LogP contribution is 2.39. The van der Waals surface area contributed by atoms with Gasteiger partial charge in [0.15, 0.2) is 5.79 Å². The number of fused-ring (bicyclic) bond motifs is 1. The molecular weight excluding hydrogens is 324 g/mol. The lowest BCUT2D eigenvalue weighted by molar-refractivity contribution is -0.187. The predicted octanol–water partition coefficient (Wildman–Crippen LogP) is 2.22. The van der Waals surface area contributed by atoms with E-state index in [4.69, 9.17) is 18.9 Å². The van der Waals surface area contributed by atoms with Gasteiger partial charge in [0.25, 0.3) is 0 Å². The Balaban J connectivity index is 1.61. The fourth-order valence-electron chi connectivity index (χ4n) is 3.11. The second kappa shape index (κ2) is 7.66. The van der Waals surface area contributed by atoms with Crippen molar-refractivity contribution in [1.82, 2.24) is 0 Å². The predicted molar refractivity (Wildman–Crippen MR) is 89.7 cm³/mol. The van der Waals surface area contributed by atoms with E-state index in [0.29, 0.717) is 13.2 Å². The van der Waals surface area contributed by atoms with Crippen LogP contribution in [0, 0.1) is 0 Å². The summed E-state index contributed by atoms with van der Waals surface area (Å²) < 4.78 is 28.3. The Morgan fingerprint density at radius 1 is 1.20 bits per heavy atom. The Morgan fingerprint density at radius 2 is 1.92 bits per heavy atom. The molecule has 0 unspecified atom stereocenters. The second-order valence-corrected chi connectivity index (χ2v) is 6.59. The monoisotopic (exact) mass is 348 g/mol. The van der Waals surface area contributed by atoms with Crippen LogP contribution < -0.4 is 0 Å². The van der Waals surface area contributed by atoms with E-state index in [1.54, 1.807) is 6.08 Å². The minimum Gasteiger partial charge on any atom is -0.466 e. The van der Waals surface area contributed by atoms with Crippen LogP contribution >= 0.6 is 0 Å². The number of ether oxygens (including phenoxy) is 5. The third-order valence-electron chi connectivity index (χ3n) is 4.20. The van der Waals surface area contributed by atoms with Gasteiger partial charge in [-0.05, 0) is 25.5 Å². The fourth-order valence-corrected chi connectivity index (χ4v) is 3.11. The molecule has 0 spiro atoms. The molecule has 1 aromatic rings. The van der Waals surface area contributed by atoms with E-state index in [0.717, 1.165) is 5.56 Å². The molecule has 0 N–H and O–H groups in total. The Bertz CT molecular complexity index is 612. The quantitative estimate of drug-likeness (QED) is 0.580. The van der Waals surface area contributed by atoms with Crippen LogP contribution in [-0.2, 0) is 35.1 Å². The smallest absolute Gasteiger partial charge is 0.330 e. The van der Waals surface area contributed by atoms with Gasteiger partial charge in [-0.15, -0.1) is 0 Å². The van der Waals surface area contributed by atoms with E-state index in [9.17, 15) is 4.79 Å². The van der Waals surface area contributed by atoms with Crippen molar-refractivity contribution in [2.75, 3.05) is 13.7 Å². The SMILES string of the molecule is COC(=O)/C=C\[C@@H]1O[C@H](COCc2ccccc2)[C@@H]2OC(C)(C)O[C@@H]21. The molecule has 6 heteroatoms. The third kappa shape index (κ3) is 4.46. The normalized spacial score (nSPS) is 30.5. The van der Waals surface area contributed by atoms with E-state index >= 15 is 0 Å². The van der Waals surface area contributed by atoms with E-state index in [1.807, 2.05) is 44.2 Å². The summed E-state index contributed by atoms with van der Waals surface area (Å²) in [5.74, 6) is -1.11. The van der Waals surface area contributed by atoms with Crippen LogP contribution in [0.1, 0.15) is 19.4 Å². The number of hydrogen-bond acceptors (Lipinski definition) is 6. The highest BCUT2D eigenvalue weighted by Gasteiger charge is 2.54. The maximum atomic E-state index is 11.3. The number of carbonyl (C=O) groups excluding carboxylic acids is 1. The molecule has 1 aromatic carbocycles. The van der Waals surface area contributed by atoms with Gasteiger partial charge < -0.3 is 23.7 Å². The van der Waals surface area contributed by atoms with Gasteiger partial charge in [0, 0.05) is 6.08 Å². The minimum atomic E-state index is -0.686. The number of methoxy groups -OCH3 is 1. The summed E-state index contributed by atoms with van der Waals surface area (Å²) in [5.41, 5.74) is 1.10. The van der Waals surface area contributed by atoms with Crippen LogP contribution in [0.5, 0.6) is 0 Å². The van der Waals surface area contributed by atoms with Crippen LogP contribution in [0.15, 0.2) is 42.5 Å². The van der Waals surface area contributed by atoms with E-state index in [-0.39, 0.29) is 24.4 Å². The Kier molecular flexibility index (Phi) is 5.54. The third-order valence-corrected chi connectivity index (χ3v) is 4.20. The zero-order valence-electron chi connectivity index (χ0n) is 14.7. The van der Waals surface area contributed by atoms with Crippen LogP contribution in [0.25, 0.3) is 0 Å². The Morgan fingerprint density at radius 3 is 2.64 bits per heavy atom. The van der Waals surface area contributed by atoms with Crippen molar-refractivity contribution in [2.45, 2.75) is 50.7 Å². The first kappa shape index (κ1) is 18.1. The molecule has 0 aromatic heterocycles. The van der Waals surface area contributed by atoms with Crippen molar-refractivity contribution in [3.05, 3.63) is 48.0 Å². The standard InChI is InChI=1S/C19H24O6/c1-19(2)24-17-14(9-10-16(20)21-3)23-15(18(17)25-19)12-22-11-13-7-5-4-6-8-13/h4-10,14-15,17-18H,11-12H2,1-3H3/b10-9-/t14-,15+,17+,18-/m0/s1. The van der Waals surface area contributed by atoms with Crippen molar-refractivity contribution in [2.24, 2.45) is 0 Å². The number of benzene rings is 1. The lowest BCUT2D eigenvalue weighted by Crippen LogP contribution is -2.32. The summed E-state index contributed by atoms with van der Waals surface area (Å²) in [6, 6.07) is 9.95. The van der Waals surface area contributed by atoms with Crippen molar-refractivity contribution in [3.63, 3.8) is 0 Å². The molecule has 0 amide bonds. The molecule has 0 radical (unpaired) electrons. The van der Waals surface area contributed by atoms with Crippen molar-refractivity contribution in [3.8, 4) is 0 Å². The molecule has 0 saturated carbocycles. The summed E-state index contributed by atoms with van der Waals surface area (Å²) in [7, 11) is 1.34. The molecule has 25 heavy (non-hydrogen) atoms. The zero-order chi connectivity index (χ0) is 17.9. The first-order chi connectivity index (χ1) is 12.0. The number of hydrogen-bond donors (Lipinski definition) is 0. The van der Waals surface area contributed by atoms with Gasteiger partial charge in [-0.2, -0.15) is 0 Å². The molecule has 0 aliphatic carbocycles.